The zero-order chi connectivity index (χ0) is 31.1. The number of carbonyl (C=O) groups is 2. The number of nitrogens with zero attached hydrogens (tertiary/aromatic N) is 2. The van der Waals surface area contributed by atoms with Gasteiger partial charge in [-0.1, -0.05) is 53.6 Å². The van der Waals surface area contributed by atoms with Gasteiger partial charge in [-0.05, 0) is 80.4 Å². The average molecular weight is 624 g/mol. The maximum absolute atomic E-state index is 12.7. The molecule has 0 fully saturated rings. The van der Waals surface area contributed by atoms with E-state index in [0.717, 1.165) is 38.9 Å². The minimum atomic E-state index is -0.384. The molecule has 0 atom stereocenters. The van der Waals surface area contributed by atoms with Crippen LogP contribution < -0.4 is 20.8 Å². The predicted molar refractivity (Wildman–Crippen MR) is 179 cm³/mol. The second-order valence-electron chi connectivity index (χ2n) is 10.1. The monoisotopic (exact) mass is 623 g/mol. The van der Waals surface area contributed by atoms with E-state index in [-0.39, 0.29) is 18.4 Å². The predicted octanol–water partition coefficient (Wildman–Crippen LogP) is 7.91. The van der Waals surface area contributed by atoms with E-state index in [1.54, 1.807) is 30.3 Å². The molecule has 8 nitrogen and oxygen atoms in total. The highest BCUT2D eigenvalue weighted by Crippen LogP contribution is 2.28. The number of nitrogens with one attached hydrogen (secondary N) is 3. The molecule has 0 unspecified atom stereocenters. The summed E-state index contributed by atoms with van der Waals surface area (Å²) in [6.07, 6.45) is 1.42. The van der Waals surface area contributed by atoms with E-state index in [1.165, 1.54) is 23.1 Å². The van der Waals surface area contributed by atoms with Gasteiger partial charge in [0.25, 0.3) is 11.8 Å². The van der Waals surface area contributed by atoms with Crippen LogP contribution in [0.15, 0.2) is 95.4 Å². The summed E-state index contributed by atoms with van der Waals surface area (Å²) in [7, 11) is 0. The number of thiazole rings is 1. The maximum atomic E-state index is 12.7. The summed E-state index contributed by atoms with van der Waals surface area (Å²) in [5.41, 5.74) is 10.1. The highest BCUT2D eigenvalue weighted by atomic mass is 35.5. The highest BCUT2D eigenvalue weighted by Gasteiger charge is 2.11. The number of amides is 2. The fraction of sp³-hybridized carbons (Fsp3) is 0.118. The van der Waals surface area contributed by atoms with Gasteiger partial charge < -0.3 is 15.4 Å². The quantitative estimate of drug-likeness (QED) is 0.108. The Morgan fingerprint density at radius 3 is 2.45 bits per heavy atom. The van der Waals surface area contributed by atoms with E-state index in [0.29, 0.717) is 21.9 Å². The molecule has 0 radical (unpaired) electrons. The van der Waals surface area contributed by atoms with E-state index in [2.05, 4.69) is 26.1 Å². The summed E-state index contributed by atoms with van der Waals surface area (Å²) in [4.78, 5) is 29.9. The highest BCUT2D eigenvalue weighted by molar-refractivity contribution is 7.14. The number of halogens is 1. The van der Waals surface area contributed by atoms with Gasteiger partial charge in [0.15, 0.2) is 11.7 Å². The molecule has 0 saturated carbocycles. The van der Waals surface area contributed by atoms with Crippen molar-refractivity contribution in [1.82, 2.24) is 10.4 Å². The van der Waals surface area contributed by atoms with Gasteiger partial charge in [0.05, 0.1) is 11.9 Å². The lowest BCUT2D eigenvalue weighted by Crippen LogP contribution is -2.21. The van der Waals surface area contributed by atoms with Crippen molar-refractivity contribution in [3.05, 3.63) is 123 Å². The normalized spacial score (nSPS) is 10.9. The molecule has 5 aromatic rings. The van der Waals surface area contributed by atoms with E-state index in [9.17, 15) is 9.59 Å². The van der Waals surface area contributed by atoms with E-state index < -0.39 is 0 Å². The van der Waals surface area contributed by atoms with Crippen LogP contribution in [0.4, 0.5) is 16.5 Å². The van der Waals surface area contributed by atoms with Crippen molar-refractivity contribution in [2.45, 2.75) is 20.8 Å². The number of aromatic nitrogens is 1. The molecule has 2 amide bonds. The molecule has 0 aliphatic carbocycles. The Balaban J connectivity index is 1.17. The first-order chi connectivity index (χ1) is 21.2. The third kappa shape index (κ3) is 8.09. The average Bonchev–Trinajstić information content (AvgIpc) is 3.48. The lowest BCUT2D eigenvalue weighted by Gasteiger charge is -2.12. The van der Waals surface area contributed by atoms with Gasteiger partial charge >= 0.3 is 0 Å². The Labute approximate surface area is 264 Å². The lowest BCUT2D eigenvalue weighted by molar-refractivity contribution is -0.118. The van der Waals surface area contributed by atoms with Gasteiger partial charge in [-0.2, -0.15) is 5.10 Å². The first-order valence-corrected chi connectivity index (χ1v) is 15.0. The van der Waals surface area contributed by atoms with Gasteiger partial charge in [0.1, 0.15) is 5.75 Å². The zero-order valence-corrected chi connectivity index (χ0v) is 25.9. The molecule has 3 N–H and O–H groups in total. The second-order valence-corrected chi connectivity index (χ2v) is 11.4. The minimum absolute atomic E-state index is 0.211. The van der Waals surface area contributed by atoms with Crippen molar-refractivity contribution in [3.8, 4) is 17.0 Å². The van der Waals surface area contributed by atoms with Crippen LogP contribution in [0.1, 0.15) is 32.6 Å². The largest absolute Gasteiger partial charge is 0.483 e. The van der Waals surface area contributed by atoms with Crippen LogP contribution in [0, 0.1) is 20.8 Å². The van der Waals surface area contributed by atoms with Crippen LogP contribution in [-0.4, -0.2) is 29.6 Å². The molecule has 44 heavy (non-hydrogen) atoms. The Morgan fingerprint density at radius 1 is 0.932 bits per heavy atom. The summed E-state index contributed by atoms with van der Waals surface area (Å²) in [5.74, 6) is -0.290. The first kappa shape index (κ1) is 30.5. The molecule has 10 heteroatoms. The van der Waals surface area contributed by atoms with Crippen molar-refractivity contribution in [3.63, 3.8) is 0 Å². The summed E-state index contributed by atoms with van der Waals surface area (Å²) in [5, 5.41) is 13.5. The zero-order valence-electron chi connectivity index (χ0n) is 24.4. The third-order valence-electron chi connectivity index (χ3n) is 6.62. The van der Waals surface area contributed by atoms with E-state index in [1.807, 2.05) is 80.7 Å². The molecule has 1 aromatic heterocycles. The van der Waals surface area contributed by atoms with Crippen molar-refractivity contribution in [1.29, 1.82) is 0 Å². The fourth-order valence-electron chi connectivity index (χ4n) is 4.19. The van der Waals surface area contributed by atoms with Gasteiger partial charge in [-0.3, -0.25) is 9.59 Å². The number of carbonyl (C=O) groups excluding carboxylic acids is 2. The molecule has 222 valence electrons. The number of ether oxygens (including phenoxy) is 1. The van der Waals surface area contributed by atoms with Crippen LogP contribution in [0.3, 0.4) is 0 Å². The van der Waals surface area contributed by atoms with Gasteiger partial charge in [-0.15, -0.1) is 11.3 Å². The molecule has 5 rings (SSSR count). The number of aryl methyl sites for hydroxylation is 3. The molecule has 0 spiro atoms. The van der Waals surface area contributed by atoms with Crippen LogP contribution in [0.25, 0.3) is 11.3 Å². The molecule has 0 aliphatic heterocycles. The van der Waals surface area contributed by atoms with Crippen molar-refractivity contribution < 1.29 is 14.3 Å². The third-order valence-corrected chi connectivity index (χ3v) is 7.61. The minimum Gasteiger partial charge on any atom is -0.483 e. The molecular formula is C34H30ClN5O3S. The van der Waals surface area contributed by atoms with Gasteiger partial charge in [0, 0.05) is 38.5 Å². The fourth-order valence-corrected chi connectivity index (χ4v) is 5.11. The van der Waals surface area contributed by atoms with Crippen LogP contribution >= 0.6 is 22.9 Å². The maximum Gasteiger partial charge on any atom is 0.271 e. The van der Waals surface area contributed by atoms with Gasteiger partial charge in [0.2, 0.25) is 0 Å². The smallest absolute Gasteiger partial charge is 0.271 e. The topological polar surface area (TPSA) is 105 Å². The van der Waals surface area contributed by atoms with Crippen molar-refractivity contribution in [2.75, 3.05) is 17.2 Å². The molecule has 0 saturated heterocycles. The number of rotatable bonds is 10. The number of hydrogen-bond donors (Lipinski definition) is 3. The molecule has 4 aromatic carbocycles. The van der Waals surface area contributed by atoms with Crippen LogP contribution in [-0.2, 0) is 4.79 Å². The number of anilines is 3. The van der Waals surface area contributed by atoms with Crippen molar-refractivity contribution in [2.24, 2.45) is 5.10 Å². The molecular weight excluding hydrogens is 594 g/mol. The first-order valence-electron chi connectivity index (χ1n) is 13.8. The summed E-state index contributed by atoms with van der Waals surface area (Å²) >= 11 is 7.69. The lowest BCUT2D eigenvalue weighted by atomic mass is 10.1. The summed E-state index contributed by atoms with van der Waals surface area (Å²) in [6, 6.07) is 26.0. The number of hydrazone groups is 1. The van der Waals surface area contributed by atoms with Crippen LogP contribution in [0.5, 0.6) is 5.75 Å². The summed E-state index contributed by atoms with van der Waals surface area (Å²) < 4.78 is 5.75. The van der Waals surface area contributed by atoms with Crippen molar-refractivity contribution >= 4 is 57.5 Å². The number of hydrogen-bond acceptors (Lipinski definition) is 7. The number of benzene rings is 4. The van der Waals surface area contributed by atoms with Crippen LogP contribution in [0.2, 0.25) is 5.02 Å². The Morgan fingerprint density at radius 2 is 1.68 bits per heavy atom. The van der Waals surface area contributed by atoms with E-state index in [4.69, 9.17) is 16.3 Å². The standard InChI is InChI=1S/C34H30ClN5O3S/c1-21-5-13-28(14-6-21)37-34-39-30(20-44-34)24-8-10-25(11-9-24)33(42)40-36-18-26-17-27(35)12-15-31(26)43-19-32(41)38-29-16-22(2)4-7-23(29)3/h4-18,20H,19H2,1-3H3,(H,37,39)(H,38,41)(H,40,42)/b36-18+. The summed E-state index contributed by atoms with van der Waals surface area (Å²) in [6.45, 7) is 5.72. The Hall–Kier alpha value is -4.99. The SMILES string of the molecule is Cc1ccc(Nc2nc(-c3ccc(C(=O)N/N=C/c4cc(Cl)ccc4OCC(=O)Nc4cc(C)ccc4C)cc3)cs2)cc1. The van der Waals surface area contributed by atoms with Gasteiger partial charge in [-0.25, -0.2) is 10.4 Å². The molecule has 0 bridgehead atoms. The second kappa shape index (κ2) is 14.0. The Kier molecular flexibility index (Phi) is 9.69. The molecule has 0 aliphatic rings. The Bertz CT molecular complexity index is 1820. The van der Waals surface area contributed by atoms with E-state index >= 15 is 0 Å². The molecule has 1 heterocycles.